The molecule has 2 saturated heterocycles. The summed E-state index contributed by atoms with van der Waals surface area (Å²) in [5, 5.41) is 3.61. The number of carbonyl (C=O) groups excluding carboxylic acids is 1. The number of benzene rings is 1. The number of rotatable bonds is 3. The number of nitrogens with zero attached hydrogens (tertiary/aromatic N) is 1. The molecule has 2 heterocycles. The van der Waals surface area contributed by atoms with Gasteiger partial charge in [0.1, 0.15) is 0 Å². The van der Waals surface area contributed by atoms with E-state index in [1.54, 1.807) is 11.8 Å². The number of fused-ring (bicyclic) bond motifs is 2. The van der Waals surface area contributed by atoms with Gasteiger partial charge in [-0.05, 0) is 31.4 Å². The van der Waals surface area contributed by atoms with Crippen molar-refractivity contribution >= 4 is 17.7 Å². The van der Waals surface area contributed by atoms with Crippen LogP contribution in [0.2, 0.25) is 0 Å². The van der Waals surface area contributed by atoms with E-state index in [4.69, 9.17) is 0 Å². The fraction of sp³-hybridized carbons (Fsp3) is 0.533. The van der Waals surface area contributed by atoms with Crippen molar-refractivity contribution < 1.29 is 4.79 Å². The quantitative estimate of drug-likeness (QED) is 0.858. The zero-order valence-corrected chi connectivity index (χ0v) is 11.9. The zero-order valence-electron chi connectivity index (χ0n) is 11.0. The van der Waals surface area contributed by atoms with Gasteiger partial charge in [-0.2, -0.15) is 0 Å². The lowest BCUT2D eigenvalue weighted by Gasteiger charge is -2.24. The van der Waals surface area contributed by atoms with Gasteiger partial charge in [-0.25, -0.2) is 0 Å². The summed E-state index contributed by atoms with van der Waals surface area (Å²) in [5.74, 6) is 0.838. The Labute approximate surface area is 118 Å². The van der Waals surface area contributed by atoms with E-state index in [1.165, 1.54) is 17.7 Å². The average molecular weight is 276 g/mol. The van der Waals surface area contributed by atoms with Crippen LogP contribution in [0.25, 0.3) is 0 Å². The molecular formula is C15H20N2OS. The number of amides is 1. The molecule has 2 atom stereocenters. The van der Waals surface area contributed by atoms with E-state index in [1.807, 2.05) is 23.1 Å². The predicted octanol–water partition coefficient (Wildman–Crippen LogP) is 2.13. The molecule has 1 aromatic rings. The lowest BCUT2D eigenvalue weighted by Crippen LogP contribution is -2.39. The highest BCUT2D eigenvalue weighted by Crippen LogP contribution is 2.22. The SMILES string of the molecule is O=C(CSc1ccccc1)N1CCC2CCC(C1)N2. The van der Waals surface area contributed by atoms with Crippen molar-refractivity contribution in [1.29, 1.82) is 0 Å². The van der Waals surface area contributed by atoms with Crippen molar-refractivity contribution in [2.24, 2.45) is 0 Å². The van der Waals surface area contributed by atoms with Crippen LogP contribution in [0.3, 0.4) is 0 Å². The third kappa shape index (κ3) is 3.31. The highest BCUT2D eigenvalue weighted by atomic mass is 32.2. The second-order valence-electron chi connectivity index (χ2n) is 5.37. The molecule has 0 saturated carbocycles. The summed E-state index contributed by atoms with van der Waals surface area (Å²) in [4.78, 5) is 15.5. The summed E-state index contributed by atoms with van der Waals surface area (Å²) in [7, 11) is 0. The molecule has 2 fully saturated rings. The first-order valence-electron chi connectivity index (χ1n) is 7.03. The summed E-state index contributed by atoms with van der Waals surface area (Å²) >= 11 is 1.64. The Morgan fingerprint density at radius 1 is 1.21 bits per heavy atom. The standard InChI is InChI=1S/C15H20N2OS/c18-15(11-19-14-4-2-1-3-5-14)17-9-8-12-6-7-13(10-17)16-12/h1-5,12-13,16H,6-11H2. The van der Waals surface area contributed by atoms with E-state index in [0.717, 1.165) is 19.5 Å². The van der Waals surface area contributed by atoms with Gasteiger partial charge in [0, 0.05) is 30.1 Å². The number of thioether (sulfide) groups is 1. The smallest absolute Gasteiger partial charge is 0.232 e. The molecular weight excluding hydrogens is 256 g/mol. The number of likely N-dealkylation sites (tertiary alicyclic amines) is 1. The summed E-state index contributed by atoms with van der Waals surface area (Å²) in [6.45, 7) is 1.81. The van der Waals surface area contributed by atoms with Crippen LogP contribution in [0.15, 0.2) is 35.2 Å². The first-order valence-corrected chi connectivity index (χ1v) is 8.01. The maximum atomic E-state index is 12.3. The van der Waals surface area contributed by atoms with Gasteiger partial charge in [0.25, 0.3) is 0 Å². The molecule has 1 amide bonds. The molecule has 2 aliphatic rings. The number of carbonyl (C=O) groups is 1. The zero-order chi connectivity index (χ0) is 13.1. The van der Waals surface area contributed by atoms with Crippen LogP contribution in [-0.4, -0.2) is 41.7 Å². The molecule has 1 N–H and O–H groups in total. The summed E-state index contributed by atoms with van der Waals surface area (Å²) in [6.07, 6.45) is 3.62. The third-order valence-electron chi connectivity index (χ3n) is 3.98. The molecule has 19 heavy (non-hydrogen) atoms. The van der Waals surface area contributed by atoms with Gasteiger partial charge in [0.05, 0.1) is 5.75 Å². The van der Waals surface area contributed by atoms with Crippen molar-refractivity contribution in [3.63, 3.8) is 0 Å². The molecule has 0 aromatic heterocycles. The van der Waals surface area contributed by atoms with Gasteiger partial charge in [-0.3, -0.25) is 4.79 Å². The van der Waals surface area contributed by atoms with Crippen LogP contribution < -0.4 is 5.32 Å². The first kappa shape index (κ1) is 13.0. The second-order valence-corrected chi connectivity index (χ2v) is 6.42. The van der Waals surface area contributed by atoms with Crippen molar-refractivity contribution in [3.05, 3.63) is 30.3 Å². The third-order valence-corrected chi connectivity index (χ3v) is 4.98. The Morgan fingerprint density at radius 3 is 2.84 bits per heavy atom. The second kappa shape index (κ2) is 5.97. The topological polar surface area (TPSA) is 32.3 Å². The lowest BCUT2D eigenvalue weighted by atomic mass is 10.1. The van der Waals surface area contributed by atoms with Gasteiger partial charge in [0.15, 0.2) is 0 Å². The number of hydrogen-bond acceptors (Lipinski definition) is 3. The maximum Gasteiger partial charge on any atom is 0.232 e. The van der Waals surface area contributed by atoms with Gasteiger partial charge in [-0.15, -0.1) is 11.8 Å². The Morgan fingerprint density at radius 2 is 2.00 bits per heavy atom. The summed E-state index contributed by atoms with van der Waals surface area (Å²) in [6, 6.07) is 11.3. The van der Waals surface area contributed by atoms with Crippen LogP contribution in [0.1, 0.15) is 19.3 Å². The van der Waals surface area contributed by atoms with E-state index in [-0.39, 0.29) is 5.91 Å². The molecule has 3 nitrogen and oxygen atoms in total. The van der Waals surface area contributed by atoms with Crippen molar-refractivity contribution in [2.45, 2.75) is 36.2 Å². The first-order chi connectivity index (χ1) is 9.31. The molecule has 102 valence electrons. The van der Waals surface area contributed by atoms with E-state index in [9.17, 15) is 4.79 Å². The van der Waals surface area contributed by atoms with E-state index in [0.29, 0.717) is 17.8 Å². The maximum absolute atomic E-state index is 12.3. The van der Waals surface area contributed by atoms with Crippen molar-refractivity contribution in [3.8, 4) is 0 Å². The summed E-state index contributed by atoms with van der Waals surface area (Å²) < 4.78 is 0. The Kier molecular flexibility index (Phi) is 4.09. The molecule has 2 unspecified atom stereocenters. The van der Waals surface area contributed by atoms with Crippen LogP contribution >= 0.6 is 11.8 Å². The average Bonchev–Trinajstić information content (AvgIpc) is 2.77. The molecule has 4 heteroatoms. The Balaban J connectivity index is 1.52. The van der Waals surface area contributed by atoms with Crippen LogP contribution in [0.4, 0.5) is 0 Å². The minimum atomic E-state index is 0.281. The molecule has 0 radical (unpaired) electrons. The molecule has 0 spiro atoms. The molecule has 3 rings (SSSR count). The van der Waals surface area contributed by atoms with Gasteiger partial charge in [0.2, 0.25) is 5.91 Å². The van der Waals surface area contributed by atoms with Crippen molar-refractivity contribution in [2.75, 3.05) is 18.8 Å². The fourth-order valence-corrected chi connectivity index (χ4v) is 3.74. The summed E-state index contributed by atoms with van der Waals surface area (Å²) in [5.41, 5.74) is 0. The van der Waals surface area contributed by atoms with Gasteiger partial charge < -0.3 is 10.2 Å². The van der Waals surface area contributed by atoms with Gasteiger partial charge >= 0.3 is 0 Å². The fourth-order valence-electron chi connectivity index (χ4n) is 2.92. The normalized spacial score (nSPS) is 26.2. The number of hydrogen-bond donors (Lipinski definition) is 1. The Hall–Kier alpha value is -1.00. The molecule has 2 bridgehead atoms. The van der Waals surface area contributed by atoms with E-state index < -0.39 is 0 Å². The monoisotopic (exact) mass is 276 g/mol. The molecule has 0 aliphatic carbocycles. The van der Waals surface area contributed by atoms with E-state index >= 15 is 0 Å². The van der Waals surface area contributed by atoms with Crippen LogP contribution in [-0.2, 0) is 4.79 Å². The molecule has 1 aromatic carbocycles. The molecule has 2 aliphatic heterocycles. The largest absolute Gasteiger partial charge is 0.340 e. The number of nitrogens with one attached hydrogen (secondary N) is 1. The van der Waals surface area contributed by atoms with Crippen LogP contribution in [0.5, 0.6) is 0 Å². The Bertz CT molecular complexity index is 437. The van der Waals surface area contributed by atoms with E-state index in [2.05, 4.69) is 17.4 Å². The highest BCUT2D eigenvalue weighted by molar-refractivity contribution is 8.00. The minimum Gasteiger partial charge on any atom is -0.340 e. The lowest BCUT2D eigenvalue weighted by molar-refractivity contribution is -0.128. The predicted molar refractivity (Wildman–Crippen MR) is 78.3 cm³/mol. The van der Waals surface area contributed by atoms with Crippen molar-refractivity contribution in [1.82, 2.24) is 10.2 Å². The van der Waals surface area contributed by atoms with Gasteiger partial charge in [-0.1, -0.05) is 18.2 Å². The highest BCUT2D eigenvalue weighted by Gasteiger charge is 2.30. The van der Waals surface area contributed by atoms with Crippen LogP contribution in [0, 0.1) is 0 Å². The minimum absolute atomic E-state index is 0.281.